The molecule has 0 saturated heterocycles. The molecule has 2 N–H and O–H groups in total. The van der Waals surface area contributed by atoms with E-state index >= 15 is 0 Å². The monoisotopic (exact) mass is 340 g/mol. The van der Waals surface area contributed by atoms with Gasteiger partial charge in [0.1, 0.15) is 23.6 Å². The summed E-state index contributed by atoms with van der Waals surface area (Å²) in [5.74, 6) is 1.50. The van der Waals surface area contributed by atoms with Crippen LogP contribution in [0.5, 0.6) is 11.5 Å². The predicted molar refractivity (Wildman–Crippen MR) is 99.6 cm³/mol. The standard InChI is InChI=1S/C20H24N2O3/c1-4-24-19-11-15-10-13(2)25-18(15)12-17(19)21-14(3)20(23)22-16-8-6-5-7-9-16/h5-9,11-14,21H,4,10H2,1-3H3,(H,22,23)/t13-,14+/m0/s1. The Balaban J connectivity index is 1.75. The molecule has 0 unspecified atom stereocenters. The van der Waals surface area contributed by atoms with E-state index < -0.39 is 6.04 Å². The Morgan fingerprint density at radius 3 is 2.80 bits per heavy atom. The number of benzene rings is 2. The molecule has 5 nitrogen and oxygen atoms in total. The number of amides is 1. The molecule has 2 aromatic rings. The van der Waals surface area contributed by atoms with Gasteiger partial charge in [0, 0.05) is 23.7 Å². The van der Waals surface area contributed by atoms with Crippen LogP contribution in [0, 0.1) is 0 Å². The first kappa shape index (κ1) is 17.1. The fraction of sp³-hybridized carbons (Fsp3) is 0.350. The second-order valence-corrected chi connectivity index (χ2v) is 6.24. The molecule has 0 aliphatic carbocycles. The highest BCUT2D eigenvalue weighted by atomic mass is 16.5. The number of nitrogens with one attached hydrogen (secondary N) is 2. The highest BCUT2D eigenvalue weighted by molar-refractivity contribution is 5.96. The topological polar surface area (TPSA) is 59.6 Å². The molecular weight excluding hydrogens is 316 g/mol. The zero-order valence-electron chi connectivity index (χ0n) is 14.8. The van der Waals surface area contributed by atoms with Crippen LogP contribution in [0.4, 0.5) is 11.4 Å². The van der Waals surface area contributed by atoms with E-state index in [2.05, 4.69) is 10.6 Å². The van der Waals surface area contributed by atoms with Crippen molar-refractivity contribution in [2.45, 2.75) is 39.3 Å². The van der Waals surface area contributed by atoms with Crippen LogP contribution in [0.25, 0.3) is 0 Å². The highest BCUT2D eigenvalue weighted by Crippen LogP contribution is 2.38. The minimum Gasteiger partial charge on any atom is -0.492 e. The Morgan fingerprint density at radius 2 is 2.08 bits per heavy atom. The van der Waals surface area contributed by atoms with Crippen molar-refractivity contribution in [3.63, 3.8) is 0 Å². The Kier molecular flexibility index (Phi) is 5.12. The summed E-state index contributed by atoms with van der Waals surface area (Å²) < 4.78 is 11.6. The molecule has 132 valence electrons. The van der Waals surface area contributed by atoms with E-state index in [4.69, 9.17) is 9.47 Å². The van der Waals surface area contributed by atoms with E-state index in [1.165, 1.54) is 0 Å². The van der Waals surface area contributed by atoms with Gasteiger partial charge in [-0.15, -0.1) is 0 Å². The molecule has 1 amide bonds. The number of carbonyl (C=O) groups is 1. The van der Waals surface area contributed by atoms with Crippen LogP contribution in [0.2, 0.25) is 0 Å². The van der Waals surface area contributed by atoms with E-state index in [1.54, 1.807) is 0 Å². The van der Waals surface area contributed by atoms with Crippen molar-refractivity contribution >= 4 is 17.3 Å². The number of ether oxygens (including phenoxy) is 2. The SMILES string of the molecule is CCOc1cc2c(cc1N[C@H](C)C(=O)Nc1ccccc1)O[C@@H](C)C2. The lowest BCUT2D eigenvalue weighted by Crippen LogP contribution is -2.32. The first-order valence-electron chi connectivity index (χ1n) is 8.65. The number of fused-ring (bicyclic) bond motifs is 1. The average molecular weight is 340 g/mol. The van der Waals surface area contributed by atoms with Gasteiger partial charge in [-0.3, -0.25) is 4.79 Å². The Bertz CT molecular complexity index is 746. The molecule has 1 aliphatic rings. The minimum atomic E-state index is -0.420. The minimum absolute atomic E-state index is 0.108. The summed E-state index contributed by atoms with van der Waals surface area (Å²) in [6.07, 6.45) is 1.04. The predicted octanol–water partition coefficient (Wildman–Crippen LogP) is 3.85. The van der Waals surface area contributed by atoms with Gasteiger partial charge in [0.15, 0.2) is 0 Å². The number of carbonyl (C=O) groups excluding carboxylic acids is 1. The molecule has 1 aliphatic heterocycles. The largest absolute Gasteiger partial charge is 0.492 e. The maximum Gasteiger partial charge on any atom is 0.246 e. The number of para-hydroxylation sites is 1. The average Bonchev–Trinajstić information content (AvgIpc) is 2.95. The molecule has 5 heteroatoms. The van der Waals surface area contributed by atoms with Gasteiger partial charge in [0.05, 0.1) is 12.3 Å². The molecule has 0 aromatic heterocycles. The Morgan fingerprint density at radius 1 is 1.32 bits per heavy atom. The number of anilines is 2. The molecule has 0 bridgehead atoms. The van der Waals surface area contributed by atoms with Crippen molar-refractivity contribution in [3.05, 3.63) is 48.0 Å². The summed E-state index contributed by atoms with van der Waals surface area (Å²) in [5, 5.41) is 6.14. The van der Waals surface area contributed by atoms with Crippen molar-refractivity contribution in [3.8, 4) is 11.5 Å². The quantitative estimate of drug-likeness (QED) is 0.839. The van der Waals surface area contributed by atoms with Gasteiger partial charge in [0.25, 0.3) is 0 Å². The van der Waals surface area contributed by atoms with Crippen LogP contribution in [0.1, 0.15) is 26.3 Å². The summed E-state index contributed by atoms with van der Waals surface area (Å²) in [6, 6.07) is 12.9. The van der Waals surface area contributed by atoms with Gasteiger partial charge in [-0.05, 0) is 39.0 Å². The van der Waals surface area contributed by atoms with Crippen LogP contribution < -0.4 is 20.1 Å². The fourth-order valence-electron chi connectivity index (χ4n) is 2.90. The maximum absolute atomic E-state index is 12.4. The third kappa shape index (κ3) is 4.05. The Labute approximate surface area is 148 Å². The lowest BCUT2D eigenvalue weighted by molar-refractivity contribution is -0.116. The van der Waals surface area contributed by atoms with Crippen molar-refractivity contribution < 1.29 is 14.3 Å². The van der Waals surface area contributed by atoms with Gasteiger partial charge < -0.3 is 20.1 Å². The van der Waals surface area contributed by atoms with Crippen LogP contribution in [0.3, 0.4) is 0 Å². The third-order valence-electron chi connectivity index (χ3n) is 4.10. The molecule has 1 heterocycles. The van der Waals surface area contributed by atoms with E-state index in [0.717, 1.165) is 34.9 Å². The van der Waals surface area contributed by atoms with Crippen LogP contribution in [-0.2, 0) is 11.2 Å². The van der Waals surface area contributed by atoms with E-state index in [-0.39, 0.29) is 12.0 Å². The molecular formula is C20H24N2O3. The third-order valence-corrected chi connectivity index (χ3v) is 4.10. The van der Waals surface area contributed by atoms with Gasteiger partial charge in [-0.2, -0.15) is 0 Å². The Hall–Kier alpha value is -2.69. The van der Waals surface area contributed by atoms with Crippen molar-refractivity contribution in [2.75, 3.05) is 17.2 Å². The summed E-state index contributed by atoms with van der Waals surface area (Å²) >= 11 is 0. The molecule has 2 aromatic carbocycles. The van der Waals surface area contributed by atoms with Crippen LogP contribution in [-0.4, -0.2) is 24.7 Å². The number of hydrogen-bond donors (Lipinski definition) is 2. The van der Waals surface area contributed by atoms with Gasteiger partial charge in [-0.1, -0.05) is 18.2 Å². The summed E-state index contributed by atoms with van der Waals surface area (Å²) in [6.45, 7) is 6.38. The second kappa shape index (κ2) is 7.47. The summed E-state index contributed by atoms with van der Waals surface area (Å²) in [5.41, 5.74) is 2.69. The fourth-order valence-corrected chi connectivity index (χ4v) is 2.90. The van der Waals surface area contributed by atoms with E-state index in [0.29, 0.717) is 6.61 Å². The normalized spacial score (nSPS) is 16.5. The van der Waals surface area contributed by atoms with Gasteiger partial charge >= 0.3 is 0 Å². The maximum atomic E-state index is 12.4. The van der Waals surface area contributed by atoms with Crippen molar-refractivity contribution in [2.24, 2.45) is 0 Å². The zero-order valence-corrected chi connectivity index (χ0v) is 14.8. The zero-order chi connectivity index (χ0) is 17.8. The number of hydrogen-bond acceptors (Lipinski definition) is 4. The summed E-state index contributed by atoms with van der Waals surface area (Å²) in [7, 11) is 0. The lowest BCUT2D eigenvalue weighted by atomic mass is 10.1. The molecule has 0 fully saturated rings. The first-order chi connectivity index (χ1) is 12.1. The smallest absolute Gasteiger partial charge is 0.246 e. The molecule has 25 heavy (non-hydrogen) atoms. The first-order valence-corrected chi connectivity index (χ1v) is 8.65. The molecule has 3 rings (SSSR count). The number of rotatable bonds is 6. The van der Waals surface area contributed by atoms with Gasteiger partial charge in [-0.25, -0.2) is 0 Å². The molecule has 0 spiro atoms. The highest BCUT2D eigenvalue weighted by Gasteiger charge is 2.23. The lowest BCUT2D eigenvalue weighted by Gasteiger charge is -2.19. The van der Waals surface area contributed by atoms with Crippen LogP contribution >= 0.6 is 0 Å². The van der Waals surface area contributed by atoms with Crippen molar-refractivity contribution in [1.82, 2.24) is 0 Å². The molecule has 0 radical (unpaired) electrons. The van der Waals surface area contributed by atoms with Gasteiger partial charge in [0.2, 0.25) is 5.91 Å². The van der Waals surface area contributed by atoms with Crippen LogP contribution in [0.15, 0.2) is 42.5 Å². The molecule has 2 atom stereocenters. The van der Waals surface area contributed by atoms with E-state index in [1.807, 2.05) is 63.2 Å². The van der Waals surface area contributed by atoms with Crippen molar-refractivity contribution in [1.29, 1.82) is 0 Å². The second-order valence-electron chi connectivity index (χ2n) is 6.24. The summed E-state index contributed by atoms with van der Waals surface area (Å²) in [4.78, 5) is 12.4. The van der Waals surface area contributed by atoms with E-state index in [9.17, 15) is 4.79 Å². The molecule has 0 saturated carbocycles.